The van der Waals surface area contributed by atoms with Gasteiger partial charge < -0.3 is 9.47 Å². The fraction of sp³-hybridized carbons (Fsp3) is 0.294. The van der Waals surface area contributed by atoms with E-state index in [1.807, 2.05) is 0 Å². The van der Waals surface area contributed by atoms with Crippen molar-refractivity contribution in [2.45, 2.75) is 12.6 Å². The predicted molar refractivity (Wildman–Crippen MR) is 83.1 cm³/mol. The van der Waals surface area contributed by atoms with Crippen molar-refractivity contribution in [3.8, 4) is 0 Å². The Morgan fingerprint density at radius 2 is 2.00 bits per heavy atom. The van der Waals surface area contributed by atoms with Crippen LogP contribution in [0.2, 0.25) is 0 Å². The second-order valence-corrected chi connectivity index (χ2v) is 5.70. The first-order chi connectivity index (χ1) is 11.4. The number of benzene rings is 1. The number of alkyl halides is 3. The van der Waals surface area contributed by atoms with Crippen molar-refractivity contribution < 1.29 is 18.0 Å². The summed E-state index contributed by atoms with van der Waals surface area (Å²) < 4.78 is 41.1. The molecular formula is C17H16F3N3O. The van der Waals surface area contributed by atoms with Crippen molar-refractivity contribution in [2.75, 3.05) is 13.1 Å². The Kier molecular flexibility index (Phi) is 4.17. The molecular weight excluding hydrogens is 319 g/mol. The maximum Gasteiger partial charge on any atom is 0.416 e. The van der Waals surface area contributed by atoms with Crippen molar-refractivity contribution in [2.24, 2.45) is 7.05 Å². The van der Waals surface area contributed by atoms with Crippen molar-refractivity contribution in [3.63, 3.8) is 0 Å². The number of aryl methyl sites for hydroxylation is 1. The molecule has 7 heteroatoms. The molecule has 24 heavy (non-hydrogen) atoms. The highest BCUT2D eigenvalue weighted by Crippen LogP contribution is 2.36. The molecule has 0 atom stereocenters. The Bertz CT molecular complexity index is 792. The molecule has 4 nitrogen and oxygen atoms in total. The van der Waals surface area contributed by atoms with Gasteiger partial charge in [0.25, 0.3) is 5.91 Å². The maximum absolute atomic E-state index is 13.1. The van der Waals surface area contributed by atoms with Gasteiger partial charge >= 0.3 is 6.18 Å². The molecule has 1 aromatic heterocycles. The summed E-state index contributed by atoms with van der Waals surface area (Å²) in [6.07, 6.45) is 0.845. The number of nitrogens with zero attached hydrogens (tertiary/aromatic N) is 3. The van der Waals surface area contributed by atoms with Gasteiger partial charge in [-0.05, 0) is 23.6 Å². The maximum atomic E-state index is 13.1. The van der Waals surface area contributed by atoms with Gasteiger partial charge in [0.05, 0.1) is 11.9 Å². The van der Waals surface area contributed by atoms with Crippen LogP contribution in [0.4, 0.5) is 13.2 Å². The summed E-state index contributed by atoms with van der Waals surface area (Å²) in [6, 6.07) is 5.54. The van der Waals surface area contributed by atoms with Crippen molar-refractivity contribution in [1.82, 2.24) is 14.5 Å². The Morgan fingerprint density at radius 3 is 2.58 bits per heavy atom. The SMILES string of the molecule is Cn1cnc(C(=O)N2CC=C(c3ccccc3C(F)(F)F)CC2)c1. The summed E-state index contributed by atoms with van der Waals surface area (Å²) in [4.78, 5) is 17.9. The van der Waals surface area contributed by atoms with E-state index in [4.69, 9.17) is 0 Å². The van der Waals surface area contributed by atoms with E-state index in [1.54, 1.807) is 34.9 Å². The van der Waals surface area contributed by atoms with Gasteiger partial charge in [-0.25, -0.2) is 4.98 Å². The molecule has 0 saturated heterocycles. The number of carbonyl (C=O) groups is 1. The highest BCUT2D eigenvalue weighted by Gasteiger charge is 2.34. The van der Waals surface area contributed by atoms with E-state index < -0.39 is 11.7 Å². The zero-order valence-electron chi connectivity index (χ0n) is 13.0. The normalized spacial score (nSPS) is 15.3. The largest absolute Gasteiger partial charge is 0.416 e. The first kappa shape index (κ1) is 16.3. The summed E-state index contributed by atoms with van der Waals surface area (Å²) in [5.41, 5.74) is 0.508. The van der Waals surface area contributed by atoms with Crippen LogP contribution in [0.15, 0.2) is 42.9 Å². The molecule has 0 N–H and O–H groups in total. The molecule has 0 spiro atoms. The summed E-state index contributed by atoms with van der Waals surface area (Å²) in [7, 11) is 1.77. The van der Waals surface area contributed by atoms with Crippen LogP contribution in [-0.2, 0) is 13.2 Å². The molecule has 0 saturated carbocycles. The van der Waals surface area contributed by atoms with Gasteiger partial charge in [-0.3, -0.25) is 4.79 Å². The zero-order valence-corrected chi connectivity index (χ0v) is 13.0. The summed E-state index contributed by atoms with van der Waals surface area (Å²) in [5.74, 6) is -0.213. The third kappa shape index (κ3) is 3.20. The Labute approximate surface area is 137 Å². The number of aromatic nitrogens is 2. The van der Waals surface area contributed by atoms with Crippen LogP contribution < -0.4 is 0 Å². The number of hydrogen-bond acceptors (Lipinski definition) is 2. The van der Waals surface area contributed by atoms with E-state index in [-0.39, 0.29) is 18.0 Å². The van der Waals surface area contributed by atoms with Gasteiger partial charge in [0.15, 0.2) is 0 Å². The number of halogens is 3. The number of amides is 1. The minimum absolute atomic E-state index is 0.190. The molecule has 0 fully saturated rings. The molecule has 2 heterocycles. The molecule has 0 aliphatic carbocycles. The van der Waals surface area contributed by atoms with Crippen molar-refractivity contribution in [1.29, 1.82) is 0 Å². The number of imidazole rings is 1. The highest BCUT2D eigenvalue weighted by molar-refractivity contribution is 5.92. The van der Waals surface area contributed by atoms with Gasteiger partial charge in [0.2, 0.25) is 0 Å². The second-order valence-electron chi connectivity index (χ2n) is 5.70. The standard InChI is InChI=1S/C17H16F3N3O/c1-22-10-15(21-11-22)16(24)23-8-6-12(7-9-23)13-4-2-3-5-14(13)17(18,19)20/h2-6,10-11H,7-9H2,1H3. The van der Waals surface area contributed by atoms with Gasteiger partial charge in [0.1, 0.15) is 5.69 Å². The number of hydrogen-bond donors (Lipinski definition) is 0. The summed E-state index contributed by atoms with van der Waals surface area (Å²) >= 11 is 0. The lowest BCUT2D eigenvalue weighted by molar-refractivity contribution is -0.137. The predicted octanol–water partition coefficient (Wildman–Crippen LogP) is 3.37. The molecule has 1 amide bonds. The van der Waals surface area contributed by atoms with E-state index in [9.17, 15) is 18.0 Å². The van der Waals surface area contributed by atoms with Gasteiger partial charge in [-0.1, -0.05) is 24.3 Å². The Hall–Kier alpha value is -2.57. The van der Waals surface area contributed by atoms with Crippen LogP contribution in [0, 0.1) is 0 Å². The van der Waals surface area contributed by atoms with Crippen LogP contribution in [0.3, 0.4) is 0 Å². The number of carbonyl (C=O) groups excluding carboxylic acids is 1. The minimum Gasteiger partial charge on any atom is -0.340 e. The van der Waals surface area contributed by atoms with Crippen LogP contribution in [0.25, 0.3) is 5.57 Å². The van der Waals surface area contributed by atoms with Crippen LogP contribution in [0.5, 0.6) is 0 Å². The molecule has 1 aliphatic heterocycles. The first-order valence-electron chi connectivity index (χ1n) is 7.49. The zero-order chi connectivity index (χ0) is 17.3. The molecule has 2 aromatic rings. The molecule has 1 aliphatic rings. The Balaban J connectivity index is 1.80. The fourth-order valence-corrected chi connectivity index (χ4v) is 2.79. The average molecular weight is 335 g/mol. The Morgan fingerprint density at radius 1 is 1.25 bits per heavy atom. The summed E-state index contributed by atoms with van der Waals surface area (Å²) in [5, 5.41) is 0. The number of rotatable bonds is 2. The molecule has 0 radical (unpaired) electrons. The van der Waals surface area contributed by atoms with Crippen LogP contribution >= 0.6 is 0 Å². The average Bonchev–Trinajstić information content (AvgIpc) is 3.00. The summed E-state index contributed by atoms with van der Waals surface area (Å²) in [6.45, 7) is 0.643. The van der Waals surface area contributed by atoms with Gasteiger partial charge in [-0.2, -0.15) is 13.2 Å². The van der Waals surface area contributed by atoms with E-state index in [1.165, 1.54) is 18.5 Å². The highest BCUT2D eigenvalue weighted by atomic mass is 19.4. The lowest BCUT2D eigenvalue weighted by Gasteiger charge is -2.27. The molecule has 1 aromatic carbocycles. The third-order valence-corrected chi connectivity index (χ3v) is 4.00. The first-order valence-corrected chi connectivity index (χ1v) is 7.49. The lowest BCUT2D eigenvalue weighted by Crippen LogP contribution is -2.35. The quantitative estimate of drug-likeness (QED) is 0.844. The lowest BCUT2D eigenvalue weighted by atomic mass is 9.94. The molecule has 0 unspecified atom stereocenters. The fourth-order valence-electron chi connectivity index (χ4n) is 2.79. The van der Waals surface area contributed by atoms with Gasteiger partial charge in [-0.15, -0.1) is 0 Å². The molecule has 126 valence electrons. The minimum atomic E-state index is -4.39. The van der Waals surface area contributed by atoms with E-state index in [0.29, 0.717) is 24.2 Å². The van der Waals surface area contributed by atoms with Gasteiger partial charge in [0, 0.05) is 26.3 Å². The van der Waals surface area contributed by atoms with Crippen LogP contribution in [0.1, 0.15) is 28.0 Å². The van der Waals surface area contributed by atoms with E-state index in [0.717, 1.165) is 6.07 Å². The third-order valence-electron chi connectivity index (χ3n) is 4.00. The monoisotopic (exact) mass is 335 g/mol. The van der Waals surface area contributed by atoms with E-state index >= 15 is 0 Å². The van der Waals surface area contributed by atoms with Crippen LogP contribution in [-0.4, -0.2) is 33.4 Å². The van der Waals surface area contributed by atoms with E-state index in [2.05, 4.69) is 4.98 Å². The molecule has 0 bridgehead atoms. The smallest absolute Gasteiger partial charge is 0.340 e. The van der Waals surface area contributed by atoms with Crippen molar-refractivity contribution >= 4 is 11.5 Å². The van der Waals surface area contributed by atoms with Crippen molar-refractivity contribution in [3.05, 3.63) is 59.7 Å². The molecule has 3 rings (SSSR count). The topological polar surface area (TPSA) is 38.1 Å². The second kappa shape index (κ2) is 6.14.